The Bertz CT molecular complexity index is 1410. The molecular weight excluding hydrogens is 459 g/mol. The van der Waals surface area contributed by atoms with Crippen LogP contribution < -0.4 is 10.1 Å². The highest BCUT2D eigenvalue weighted by Gasteiger charge is 2.21. The lowest BCUT2D eigenvalue weighted by atomic mass is 10.0. The van der Waals surface area contributed by atoms with Crippen molar-refractivity contribution in [1.29, 1.82) is 0 Å². The van der Waals surface area contributed by atoms with Crippen molar-refractivity contribution in [1.82, 2.24) is 5.32 Å². The summed E-state index contributed by atoms with van der Waals surface area (Å²) in [5.41, 5.74) is 3.51. The zero-order chi connectivity index (χ0) is 22.8. The first-order valence-electron chi connectivity index (χ1n) is 10.0. The number of nitrogens with one attached hydrogen (secondary N) is 1. The number of hydrogen-bond donors (Lipinski definition) is 1. The maximum Gasteiger partial charge on any atom is 0.275 e. The van der Waals surface area contributed by atoms with Gasteiger partial charge in [-0.25, -0.2) is 9.38 Å². The molecule has 5 rings (SSSR count). The summed E-state index contributed by atoms with van der Waals surface area (Å²) < 4.78 is 20.0. The van der Waals surface area contributed by atoms with E-state index in [4.69, 9.17) is 16.3 Å². The van der Waals surface area contributed by atoms with Gasteiger partial charge in [-0.3, -0.25) is 4.79 Å². The maximum atomic E-state index is 13.5. The number of ether oxygens (including phenoxy) is 1. The second-order valence-corrected chi connectivity index (χ2v) is 8.94. The monoisotopic (exact) mass is 474 g/mol. The molecule has 0 aliphatic carbocycles. The van der Waals surface area contributed by atoms with Crippen LogP contribution in [0.3, 0.4) is 0 Å². The summed E-state index contributed by atoms with van der Waals surface area (Å²) in [6.07, 6.45) is 1.71. The van der Waals surface area contributed by atoms with E-state index in [1.807, 2.05) is 54.6 Å². The summed E-state index contributed by atoms with van der Waals surface area (Å²) in [6, 6.07) is 24.8. The first-order valence-corrected chi connectivity index (χ1v) is 11.2. The van der Waals surface area contributed by atoms with Crippen molar-refractivity contribution in [3.63, 3.8) is 0 Å². The Labute approximate surface area is 198 Å². The van der Waals surface area contributed by atoms with Crippen LogP contribution in [-0.4, -0.2) is 11.7 Å². The Morgan fingerprint density at radius 1 is 0.909 bits per heavy atom. The lowest BCUT2D eigenvalue weighted by molar-refractivity contribution is -0.115. The molecule has 4 aromatic rings. The Morgan fingerprint density at radius 2 is 1.70 bits per heavy atom. The standard InChI is InChI=1S/C26H16ClFN2O2S/c27-23-11-12-24(33-23)32-21-6-1-3-16(13-21)14-22-26(31)30-25(29-22)18-9-7-17(8-10-18)19-4-2-5-20(28)15-19/h1-15H,(H,29,30,31)/b22-14-. The SMILES string of the molecule is O=C1NC(c2ccc(-c3cccc(F)c3)cc2)=N/C1=C\c1cccc(Oc2ccc(Cl)s2)c1. The fourth-order valence-corrected chi connectivity index (χ4v) is 4.28. The van der Waals surface area contributed by atoms with Crippen LogP contribution in [0.5, 0.6) is 10.8 Å². The molecule has 0 unspecified atom stereocenters. The number of amidine groups is 1. The van der Waals surface area contributed by atoms with Crippen molar-refractivity contribution in [2.75, 3.05) is 0 Å². The minimum Gasteiger partial charge on any atom is -0.447 e. The van der Waals surface area contributed by atoms with Gasteiger partial charge in [-0.2, -0.15) is 0 Å². The van der Waals surface area contributed by atoms with Gasteiger partial charge in [0.2, 0.25) is 0 Å². The summed E-state index contributed by atoms with van der Waals surface area (Å²) >= 11 is 7.30. The van der Waals surface area contributed by atoms with E-state index < -0.39 is 0 Å². The van der Waals surface area contributed by atoms with Crippen LogP contribution in [-0.2, 0) is 4.79 Å². The molecule has 0 fully saturated rings. The molecule has 1 amide bonds. The zero-order valence-corrected chi connectivity index (χ0v) is 18.7. The average Bonchev–Trinajstić information content (AvgIpc) is 3.39. The van der Waals surface area contributed by atoms with E-state index in [2.05, 4.69) is 10.3 Å². The first kappa shape index (κ1) is 21.1. The lowest BCUT2D eigenvalue weighted by Crippen LogP contribution is -2.24. The molecule has 0 bridgehead atoms. The number of nitrogens with zero attached hydrogens (tertiary/aromatic N) is 1. The number of halogens is 2. The molecule has 0 saturated carbocycles. The number of rotatable bonds is 5. The Balaban J connectivity index is 1.36. The van der Waals surface area contributed by atoms with Crippen LogP contribution in [0, 0.1) is 5.82 Å². The number of hydrogen-bond acceptors (Lipinski definition) is 4. The van der Waals surface area contributed by atoms with E-state index in [1.54, 1.807) is 24.3 Å². The molecule has 1 aliphatic rings. The number of carbonyl (C=O) groups is 1. The smallest absolute Gasteiger partial charge is 0.275 e. The molecule has 2 heterocycles. The van der Waals surface area contributed by atoms with Gasteiger partial charge in [-0.05, 0) is 59.2 Å². The van der Waals surface area contributed by atoms with Crippen LogP contribution in [0.2, 0.25) is 4.34 Å². The summed E-state index contributed by atoms with van der Waals surface area (Å²) in [6.45, 7) is 0. The minimum atomic E-state index is -0.285. The first-order chi connectivity index (χ1) is 16.0. The molecule has 1 aromatic heterocycles. The van der Waals surface area contributed by atoms with Gasteiger partial charge in [0, 0.05) is 5.56 Å². The third kappa shape index (κ3) is 4.87. The van der Waals surface area contributed by atoms with Gasteiger partial charge in [0.25, 0.3) is 5.91 Å². The number of thiophene rings is 1. The molecule has 162 valence electrons. The summed E-state index contributed by atoms with van der Waals surface area (Å²) in [5, 5.41) is 3.49. The summed E-state index contributed by atoms with van der Waals surface area (Å²) in [5.74, 6) is 0.541. The predicted molar refractivity (Wildman–Crippen MR) is 130 cm³/mol. The molecular formula is C26H16ClFN2O2S. The third-order valence-corrected chi connectivity index (χ3v) is 6.05. The second kappa shape index (κ2) is 9.02. The van der Waals surface area contributed by atoms with E-state index >= 15 is 0 Å². The van der Waals surface area contributed by atoms with Gasteiger partial charge >= 0.3 is 0 Å². The van der Waals surface area contributed by atoms with Crippen LogP contribution in [0.25, 0.3) is 17.2 Å². The number of benzene rings is 3. The highest BCUT2D eigenvalue weighted by atomic mass is 35.5. The topological polar surface area (TPSA) is 50.7 Å². The second-order valence-electron chi connectivity index (χ2n) is 7.26. The number of carbonyl (C=O) groups excluding carboxylic acids is 1. The maximum absolute atomic E-state index is 13.5. The Kier molecular flexibility index (Phi) is 5.77. The third-order valence-electron chi connectivity index (χ3n) is 4.94. The molecule has 3 aromatic carbocycles. The quantitative estimate of drug-likeness (QED) is 0.319. The van der Waals surface area contributed by atoms with Gasteiger partial charge in [-0.15, -0.1) is 0 Å². The van der Waals surface area contributed by atoms with Crippen molar-refractivity contribution in [2.24, 2.45) is 4.99 Å². The normalized spacial score (nSPS) is 14.3. The van der Waals surface area contributed by atoms with Gasteiger partial charge in [-0.1, -0.05) is 71.5 Å². The van der Waals surface area contributed by atoms with Gasteiger partial charge in [0.1, 0.15) is 23.1 Å². The minimum absolute atomic E-state index is 0.282. The van der Waals surface area contributed by atoms with E-state index in [9.17, 15) is 9.18 Å². The number of aliphatic imine (C=N–C) groups is 1. The van der Waals surface area contributed by atoms with Gasteiger partial charge < -0.3 is 10.1 Å². The molecule has 0 atom stereocenters. The molecule has 4 nitrogen and oxygen atoms in total. The Morgan fingerprint density at radius 3 is 2.45 bits per heavy atom. The molecule has 1 aliphatic heterocycles. The molecule has 0 radical (unpaired) electrons. The van der Waals surface area contributed by atoms with Crippen molar-refractivity contribution in [2.45, 2.75) is 0 Å². The molecule has 0 saturated heterocycles. The van der Waals surface area contributed by atoms with Crippen molar-refractivity contribution in [3.05, 3.63) is 112 Å². The Hall–Kier alpha value is -3.74. The van der Waals surface area contributed by atoms with Crippen molar-refractivity contribution >= 4 is 40.8 Å². The molecule has 1 N–H and O–H groups in total. The van der Waals surface area contributed by atoms with E-state index in [1.165, 1.54) is 23.5 Å². The van der Waals surface area contributed by atoms with Crippen LogP contribution in [0.4, 0.5) is 4.39 Å². The van der Waals surface area contributed by atoms with E-state index in [-0.39, 0.29) is 11.7 Å². The van der Waals surface area contributed by atoms with Crippen LogP contribution >= 0.6 is 22.9 Å². The summed E-state index contributed by atoms with van der Waals surface area (Å²) in [4.78, 5) is 17.0. The molecule has 7 heteroatoms. The van der Waals surface area contributed by atoms with Gasteiger partial charge in [0.05, 0.1) is 4.34 Å². The van der Waals surface area contributed by atoms with E-state index in [0.717, 1.165) is 22.3 Å². The largest absolute Gasteiger partial charge is 0.447 e. The fraction of sp³-hybridized carbons (Fsp3) is 0. The zero-order valence-electron chi connectivity index (χ0n) is 17.1. The van der Waals surface area contributed by atoms with Crippen molar-refractivity contribution < 1.29 is 13.9 Å². The molecule has 0 spiro atoms. The van der Waals surface area contributed by atoms with Crippen molar-refractivity contribution in [3.8, 4) is 21.9 Å². The van der Waals surface area contributed by atoms with Gasteiger partial charge in [0.15, 0.2) is 5.06 Å². The average molecular weight is 475 g/mol. The summed E-state index contributed by atoms with van der Waals surface area (Å²) in [7, 11) is 0. The highest BCUT2D eigenvalue weighted by molar-refractivity contribution is 7.17. The highest BCUT2D eigenvalue weighted by Crippen LogP contribution is 2.32. The van der Waals surface area contributed by atoms with Crippen LogP contribution in [0.1, 0.15) is 11.1 Å². The van der Waals surface area contributed by atoms with E-state index in [0.29, 0.717) is 26.7 Å². The molecule has 33 heavy (non-hydrogen) atoms. The number of amides is 1. The fourth-order valence-electron chi connectivity index (χ4n) is 3.39. The van der Waals surface area contributed by atoms with Crippen LogP contribution in [0.15, 0.2) is 95.6 Å². The lowest BCUT2D eigenvalue weighted by Gasteiger charge is -2.04. The predicted octanol–water partition coefficient (Wildman–Crippen LogP) is 6.92.